The molecule has 0 unspecified atom stereocenters. The molecule has 0 spiro atoms. The van der Waals surface area contributed by atoms with Crippen LogP contribution in [0.15, 0.2) is 46.8 Å². The number of pyridine rings is 2. The lowest BCUT2D eigenvalue weighted by Gasteiger charge is -2.11. The van der Waals surface area contributed by atoms with Crippen molar-refractivity contribution >= 4 is 34.0 Å². The molecular formula is C20H16F3N5O2S. The minimum atomic E-state index is -4.67. The molecule has 0 fully saturated rings. The van der Waals surface area contributed by atoms with Crippen molar-refractivity contribution in [2.24, 2.45) is 0 Å². The third kappa shape index (κ3) is 3.96. The molecule has 4 rings (SSSR count). The van der Waals surface area contributed by atoms with Crippen molar-refractivity contribution in [3.8, 4) is 10.6 Å². The molecule has 0 bridgehead atoms. The highest BCUT2D eigenvalue weighted by Gasteiger charge is 2.31. The molecule has 0 radical (unpaired) electrons. The van der Waals surface area contributed by atoms with Gasteiger partial charge in [-0.3, -0.25) is 9.59 Å². The van der Waals surface area contributed by atoms with Crippen LogP contribution in [0.4, 0.5) is 18.9 Å². The number of aromatic nitrogens is 4. The Labute approximate surface area is 177 Å². The van der Waals surface area contributed by atoms with E-state index in [1.807, 2.05) is 36.3 Å². The monoisotopic (exact) mass is 447 g/mol. The van der Waals surface area contributed by atoms with Gasteiger partial charge in [0.1, 0.15) is 5.69 Å². The van der Waals surface area contributed by atoms with E-state index in [0.717, 1.165) is 4.88 Å². The summed E-state index contributed by atoms with van der Waals surface area (Å²) in [7, 11) is 0. The summed E-state index contributed by atoms with van der Waals surface area (Å²) < 4.78 is 40.7. The number of nitrogens with one attached hydrogen (secondary N) is 2. The molecule has 2 N–H and O–H groups in total. The normalized spacial score (nSPS) is 11.9. The molecule has 4 heterocycles. The molecule has 0 aliphatic heterocycles. The van der Waals surface area contributed by atoms with E-state index in [4.69, 9.17) is 0 Å². The molecule has 0 saturated carbocycles. The van der Waals surface area contributed by atoms with Crippen LogP contribution in [0.5, 0.6) is 0 Å². The minimum Gasteiger partial charge on any atom is -0.327 e. The third-order valence-corrected chi connectivity index (χ3v) is 5.45. The van der Waals surface area contributed by atoms with Crippen LogP contribution in [-0.4, -0.2) is 25.7 Å². The fraction of sp³-hybridized carbons (Fsp3) is 0.200. The van der Waals surface area contributed by atoms with Gasteiger partial charge in [-0.2, -0.15) is 18.3 Å². The first-order valence-corrected chi connectivity index (χ1v) is 10.1. The highest BCUT2D eigenvalue weighted by atomic mass is 32.1. The molecule has 7 nitrogen and oxygen atoms in total. The Morgan fingerprint density at radius 2 is 2.06 bits per heavy atom. The average Bonchev–Trinajstić information content (AvgIpc) is 3.37. The molecular weight excluding hydrogens is 431 g/mol. The molecule has 0 aliphatic rings. The van der Waals surface area contributed by atoms with Gasteiger partial charge in [-0.15, -0.1) is 11.3 Å². The maximum Gasteiger partial charge on any atom is 0.417 e. The second-order valence-corrected chi connectivity index (χ2v) is 7.98. The zero-order valence-electron chi connectivity index (χ0n) is 16.3. The lowest BCUT2D eigenvalue weighted by molar-refractivity contribution is -0.137. The second-order valence-electron chi connectivity index (χ2n) is 7.04. The first kappa shape index (κ1) is 20.8. The number of fused-ring (bicyclic) bond motifs is 1. The Kier molecular flexibility index (Phi) is 5.13. The second kappa shape index (κ2) is 7.65. The number of hydrogen-bond donors (Lipinski definition) is 2. The van der Waals surface area contributed by atoms with Crippen molar-refractivity contribution in [2.45, 2.75) is 26.1 Å². The van der Waals surface area contributed by atoms with Crippen LogP contribution < -0.4 is 10.9 Å². The van der Waals surface area contributed by atoms with Gasteiger partial charge < -0.3 is 10.3 Å². The van der Waals surface area contributed by atoms with Gasteiger partial charge in [0.05, 0.1) is 33.3 Å². The summed E-state index contributed by atoms with van der Waals surface area (Å²) in [5, 5.41) is 8.88. The number of amides is 1. The molecule has 160 valence electrons. The fourth-order valence-electron chi connectivity index (χ4n) is 3.06. The molecule has 0 atom stereocenters. The van der Waals surface area contributed by atoms with E-state index in [9.17, 15) is 22.8 Å². The van der Waals surface area contributed by atoms with Crippen molar-refractivity contribution in [2.75, 3.05) is 5.32 Å². The first-order valence-electron chi connectivity index (χ1n) is 9.18. The lowest BCUT2D eigenvalue weighted by Crippen LogP contribution is -2.22. The maximum atomic E-state index is 13.0. The summed E-state index contributed by atoms with van der Waals surface area (Å²) in [5.41, 5.74) is -1.29. The van der Waals surface area contributed by atoms with Crippen LogP contribution in [0.2, 0.25) is 0 Å². The Hall–Kier alpha value is -3.47. The van der Waals surface area contributed by atoms with Crippen LogP contribution in [0.3, 0.4) is 0 Å². The van der Waals surface area contributed by atoms with E-state index in [2.05, 4.69) is 15.4 Å². The third-order valence-electron chi connectivity index (χ3n) is 4.55. The quantitative estimate of drug-likeness (QED) is 0.474. The first-order chi connectivity index (χ1) is 14.6. The van der Waals surface area contributed by atoms with Gasteiger partial charge in [-0.1, -0.05) is 6.07 Å². The molecule has 0 aliphatic carbocycles. The molecule has 0 aromatic carbocycles. The van der Waals surface area contributed by atoms with E-state index < -0.39 is 28.9 Å². The predicted octanol–water partition coefficient (Wildman–Crippen LogP) is 4.70. The number of halogens is 3. The zero-order chi connectivity index (χ0) is 22.3. The number of rotatable bonds is 4. The minimum absolute atomic E-state index is 0.0363. The van der Waals surface area contributed by atoms with Crippen molar-refractivity contribution in [3.05, 3.63) is 63.5 Å². The molecule has 4 aromatic heterocycles. The van der Waals surface area contributed by atoms with Crippen LogP contribution in [0, 0.1) is 0 Å². The molecule has 1 amide bonds. The van der Waals surface area contributed by atoms with Crippen molar-refractivity contribution in [3.63, 3.8) is 0 Å². The Balaban J connectivity index is 1.82. The smallest absolute Gasteiger partial charge is 0.327 e. The Morgan fingerprint density at radius 3 is 2.71 bits per heavy atom. The van der Waals surface area contributed by atoms with Crippen LogP contribution in [-0.2, 0) is 6.18 Å². The lowest BCUT2D eigenvalue weighted by atomic mass is 10.1. The van der Waals surface area contributed by atoms with Crippen LogP contribution in [0.25, 0.3) is 21.6 Å². The van der Waals surface area contributed by atoms with Gasteiger partial charge >= 0.3 is 6.18 Å². The zero-order valence-corrected chi connectivity index (χ0v) is 17.1. The summed E-state index contributed by atoms with van der Waals surface area (Å²) in [6, 6.07) is 5.79. The van der Waals surface area contributed by atoms with Gasteiger partial charge in [0.25, 0.3) is 11.5 Å². The molecule has 31 heavy (non-hydrogen) atoms. The number of nitrogens with zero attached hydrogens (tertiary/aromatic N) is 3. The number of alkyl halides is 3. The van der Waals surface area contributed by atoms with E-state index >= 15 is 0 Å². The molecule has 11 heteroatoms. The van der Waals surface area contributed by atoms with Gasteiger partial charge in [-0.25, -0.2) is 9.67 Å². The van der Waals surface area contributed by atoms with Crippen molar-refractivity contribution < 1.29 is 18.0 Å². The standard InChI is InChI=1S/C20H16F3N5O2S/c1-10(2)28-17-13(9-25-28)12(7-14(26-17)16-4-3-5-31-16)18(29)27-15-6-11(20(21,22)23)8-24-19(15)30/h3-10H,1-2H3,(H,24,30)(H,27,29). The van der Waals surface area contributed by atoms with Crippen molar-refractivity contribution in [1.29, 1.82) is 0 Å². The van der Waals surface area contributed by atoms with E-state index in [1.165, 1.54) is 23.6 Å². The fourth-order valence-corrected chi connectivity index (χ4v) is 3.75. The van der Waals surface area contributed by atoms with Gasteiger partial charge in [0, 0.05) is 12.2 Å². The summed E-state index contributed by atoms with van der Waals surface area (Å²) in [6.07, 6.45) is -2.63. The summed E-state index contributed by atoms with van der Waals surface area (Å²) in [6.45, 7) is 3.82. The Morgan fingerprint density at radius 1 is 1.29 bits per heavy atom. The van der Waals surface area contributed by atoms with E-state index in [-0.39, 0.29) is 11.6 Å². The van der Waals surface area contributed by atoms with E-state index in [0.29, 0.717) is 29.0 Å². The topological polar surface area (TPSA) is 92.7 Å². The van der Waals surface area contributed by atoms with Gasteiger partial charge in [0.15, 0.2) is 5.65 Å². The van der Waals surface area contributed by atoms with Crippen LogP contribution in [0.1, 0.15) is 35.8 Å². The van der Waals surface area contributed by atoms with Crippen LogP contribution >= 0.6 is 11.3 Å². The number of carbonyl (C=O) groups is 1. The molecule has 0 saturated heterocycles. The predicted molar refractivity (Wildman–Crippen MR) is 111 cm³/mol. The maximum absolute atomic E-state index is 13.0. The number of aromatic amines is 1. The number of thiophene rings is 1. The average molecular weight is 447 g/mol. The number of anilines is 1. The summed E-state index contributed by atoms with van der Waals surface area (Å²) in [4.78, 5) is 32.5. The highest BCUT2D eigenvalue weighted by Crippen LogP contribution is 2.31. The number of H-pyrrole nitrogens is 1. The van der Waals surface area contributed by atoms with Gasteiger partial charge in [-0.05, 0) is 37.4 Å². The van der Waals surface area contributed by atoms with Crippen molar-refractivity contribution in [1.82, 2.24) is 19.7 Å². The SMILES string of the molecule is CC(C)n1ncc2c(C(=O)Nc3cc(C(F)(F)F)c[nH]c3=O)cc(-c3cccs3)nc21. The van der Waals surface area contributed by atoms with Gasteiger partial charge in [0.2, 0.25) is 0 Å². The molecule has 4 aromatic rings. The highest BCUT2D eigenvalue weighted by molar-refractivity contribution is 7.13. The Bertz CT molecular complexity index is 1320. The number of carbonyl (C=O) groups excluding carboxylic acids is 1. The largest absolute Gasteiger partial charge is 0.417 e. The summed E-state index contributed by atoms with van der Waals surface area (Å²) in [5.74, 6) is -0.738. The van der Waals surface area contributed by atoms with E-state index in [1.54, 1.807) is 4.68 Å². The number of hydrogen-bond acceptors (Lipinski definition) is 5. The summed E-state index contributed by atoms with van der Waals surface area (Å²) >= 11 is 1.43.